The number of carbonyl (C=O) groups excluding carboxylic acids is 1. The van der Waals surface area contributed by atoms with E-state index in [0.717, 1.165) is 39.2 Å². The van der Waals surface area contributed by atoms with Crippen molar-refractivity contribution in [3.05, 3.63) is 95.2 Å². The molecule has 4 aromatic rings. The van der Waals surface area contributed by atoms with E-state index in [1.165, 1.54) is 5.56 Å². The third-order valence-electron chi connectivity index (χ3n) is 5.81. The molecule has 4 nitrogen and oxygen atoms in total. The van der Waals surface area contributed by atoms with Gasteiger partial charge in [-0.1, -0.05) is 48.0 Å². The molecule has 0 aliphatic carbocycles. The monoisotopic (exact) mass is 382 g/mol. The summed E-state index contributed by atoms with van der Waals surface area (Å²) in [4.78, 5) is 15.6. The second-order valence-corrected chi connectivity index (χ2v) is 7.53. The third-order valence-corrected chi connectivity index (χ3v) is 5.81. The molecule has 1 amide bonds. The molecule has 4 heteroatoms. The van der Waals surface area contributed by atoms with Gasteiger partial charge in [0.25, 0.3) is 5.91 Å². The van der Waals surface area contributed by atoms with Crippen molar-refractivity contribution in [2.75, 3.05) is 12.0 Å². The molecule has 1 aliphatic rings. The number of carbonyl (C=O) groups is 1. The normalized spacial score (nSPS) is 15.8. The van der Waals surface area contributed by atoms with Crippen LogP contribution in [0.1, 0.15) is 33.2 Å². The molecular weight excluding hydrogens is 360 g/mol. The molecule has 0 N–H and O–H groups in total. The van der Waals surface area contributed by atoms with Crippen molar-refractivity contribution >= 4 is 22.5 Å². The molecular formula is C25H22N2O2. The number of nitrogens with zero attached hydrogens (tertiary/aromatic N) is 2. The first-order valence-corrected chi connectivity index (χ1v) is 9.71. The lowest BCUT2D eigenvalue weighted by Crippen LogP contribution is -2.29. The minimum Gasteiger partial charge on any atom is -0.497 e. The highest BCUT2D eigenvalue weighted by molar-refractivity contribution is 6.15. The molecule has 1 aliphatic heterocycles. The summed E-state index contributed by atoms with van der Waals surface area (Å²) in [7, 11) is 3.62. The van der Waals surface area contributed by atoms with Gasteiger partial charge in [-0.25, -0.2) is 0 Å². The van der Waals surface area contributed by atoms with Crippen LogP contribution in [0, 0.1) is 6.92 Å². The van der Waals surface area contributed by atoms with Crippen LogP contribution in [0.3, 0.4) is 0 Å². The van der Waals surface area contributed by atoms with Gasteiger partial charge in [-0.2, -0.15) is 0 Å². The van der Waals surface area contributed by atoms with Crippen molar-refractivity contribution in [3.8, 4) is 5.75 Å². The van der Waals surface area contributed by atoms with E-state index in [9.17, 15) is 4.79 Å². The Kier molecular flexibility index (Phi) is 3.95. The summed E-state index contributed by atoms with van der Waals surface area (Å²) < 4.78 is 7.33. The van der Waals surface area contributed by atoms with Crippen LogP contribution in [0.2, 0.25) is 0 Å². The Bertz CT molecular complexity index is 1240. The van der Waals surface area contributed by atoms with E-state index in [-0.39, 0.29) is 11.9 Å². The van der Waals surface area contributed by atoms with Gasteiger partial charge in [-0.15, -0.1) is 0 Å². The van der Waals surface area contributed by atoms with E-state index in [0.29, 0.717) is 0 Å². The SMILES string of the molecule is COc1ccc(N2C(=O)c3c(c4ccccc4n3C)C2c2cccc(C)c2)cc1. The van der Waals surface area contributed by atoms with E-state index in [4.69, 9.17) is 4.74 Å². The molecule has 0 radical (unpaired) electrons. The first-order valence-electron chi connectivity index (χ1n) is 9.71. The molecule has 1 unspecified atom stereocenters. The van der Waals surface area contributed by atoms with E-state index in [1.807, 2.05) is 52.9 Å². The Hall–Kier alpha value is -3.53. The summed E-state index contributed by atoms with van der Waals surface area (Å²) in [6.45, 7) is 2.09. The molecule has 1 aromatic heterocycles. The molecule has 29 heavy (non-hydrogen) atoms. The Morgan fingerprint density at radius 1 is 0.931 bits per heavy atom. The number of rotatable bonds is 3. The highest BCUT2D eigenvalue weighted by Gasteiger charge is 2.42. The average molecular weight is 382 g/mol. The number of anilines is 1. The number of aromatic nitrogens is 1. The standard InChI is InChI=1S/C25H22N2O2/c1-16-7-6-8-17(15-16)23-22-20-9-4-5-10-21(20)26(2)24(22)25(28)27(23)18-11-13-19(29-3)14-12-18/h4-15,23H,1-3H3. The summed E-state index contributed by atoms with van der Waals surface area (Å²) >= 11 is 0. The van der Waals surface area contributed by atoms with E-state index < -0.39 is 0 Å². The van der Waals surface area contributed by atoms with Crippen molar-refractivity contribution < 1.29 is 9.53 Å². The largest absolute Gasteiger partial charge is 0.497 e. The lowest BCUT2D eigenvalue weighted by atomic mass is 9.96. The molecule has 0 spiro atoms. The van der Waals surface area contributed by atoms with E-state index >= 15 is 0 Å². The van der Waals surface area contributed by atoms with E-state index in [2.05, 4.69) is 43.3 Å². The van der Waals surface area contributed by atoms with Gasteiger partial charge < -0.3 is 9.30 Å². The Morgan fingerprint density at radius 2 is 1.69 bits per heavy atom. The number of hydrogen-bond donors (Lipinski definition) is 0. The highest BCUT2D eigenvalue weighted by Crippen LogP contribution is 2.46. The van der Waals surface area contributed by atoms with Crippen LogP contribution in [0.5, 0.6) is 5.75 Å². The fourth-order valence-electron chi connectivity index (χ4n) is 4.48. The maximum Gasteiger partial charge on any atom is 0.276 e. The predicted octanol–water partition coefficient (Wildman–Crippen LogP) is 5.25. The maximum absolute atomic E-state index is 13.7. The molecule has 0 bridgehead atoms. The van der Waals surface area contributed by atoms with Crippen LogP contribution in [0.15, 0.2) is 72.8 Å². The van der Waals surface area contributed by atoms with Crippen molar-refractivity contribution in [1.29, 1.82) is 0 Å². The topological polar surface area (TPSA) is 34.5 Å². The number of para-hydroxylation sites is 1. The molecule has 1 atom stereocenters. The minimum atomic E-state index is -0.170. The zero-order valence-corrected chi connectivity index (χ0v) is 16.7. The van der Waals surface area contributed by atoms with Crippen LogP contribution in [0.25, 0.3) is 10.9 Å². The Morgan fingerprint density at radius 3 is 2.41 bits per heavy atom. The van der Waals surface area contributed by atoms with Gasteiger partial charge in [-0.3, -0.25) is 9.69 Å². The first kappa shape index (κ1) is 17.6. The van der Waals surface area contributed by atoms with Gasteiger partial charge in [-0.05, 0) is 42.8 Å². The molecule has 0 saturated heterocycles. The average Bonchev–Trinajstić information content (AvgIpc) is 3.21. The van der Waals surface area contributed by atoms with Gasteiger partial charge in [0.05, 0.1) is 13.2 Å². The summed E-state index contributed by atoms with van der Waals surface area (Å²) in [6, 6.07) is 24.2. The van der Waals surface area contributed by atoms with Crippen molar-refractivity contribution in [3.63, 3.8) is 0 Å². The lowest BCUT2D eigenvalue weighted by molar-refractivity contribution is 0.0986. The molecule has 144 valence electrons. The lowest BCUT2D eigenvalue weighted by Gasteiger charge is -2.27. The summed E-state index contributed by atoms with van der Waals surface area (Å²) in [5, 5.41) is 1.13. The molecule has 0 fully saturated rings. The molecule has 5 rings (SSSR count). The summed E-state index contributed by atoms with van der Waals surface area (Å²) in [6.07, 6.45) is 0. The first-order chi connectivity index (χ1) is 14.1. The minimum absolute atomic E-state index is 0.0235. The molecule has 3 aromatic carbocycles. The van der Waals surface area contributed by atoms with Gasteiger partial charge in [0.1, 0.15) is 11.4 Å². The van der Waals surface area contributed by atoms with Crippen LogP contribution >= 0.6 is 0 Å². The number of benzene rings is 3. The second-order valence-electron chi connectivity index (χ2n) is 7.53. The maximum atomic E-state index is 13.7. The van der Waals surface area contributed by atoms with Gasteiger partial charge >= 0.3 is 0 Å². The smallest absolute Gasteiger partial charge is 0.276 e. The van der Waals surface area contributed by atoms with Crippen LogP contribution < -0.4 is 9.64 Å². The second kappa shape index (κ2) is 6.52. The quantitative estimate of drug-likeness (QED) is 0.485. The number of fused-ring (bicyclic) bond motifs is 3. The van der Waals surface area contributed by atoms with E-state index in [1.54, 1.807) is 7.11 Å². The number of methoxy groups -OCH3 is 1. The third kappa shape index (κ3) is 2.56. The van der Waals surface area contributed by atoms with Crippen LogP contribution in [-0.4, -0.2) is 17.6 Å². The highest BCUT2D eigenvalue weighted by atomic mass is 16.5. The summed E-state index contributed by atoms with van der Waals surface area (Å²) in [5.74, 6) is 0.797. The van der Waals surface area contributed by atoms with Gasteiger partial charge in [0.15, 0.2) is 0 Å². The number of aryl methyl sites for hydroxylation is 2. The van der Waals surface area contributed by atoms with Crippen molar-refractivity contribution in [2.24, 2.45) is 7.05 Å². The molecule has 2 heterocycles. The Labute approximate surface area is 170 Å². The van der Waals surface area contributed by atoms with Crippen molar-refractivity contribution in [1.82, 2.24) is 4.57 Å². The van der Waals surface area contributed by atoms with Gasteiger partial charge in [0, 0.05) is 29.2 Å². The van der Waals surface area contributed by atoms with Crippen molar-refractivity contribution in [2.45, 2.75) is 13.0 Å². The number of hydrogen-bond acceptors (Lipinski definition) is 2. The summed E-state index contributed by atoms with van der Waals surface area (Å²) in [5.41, 5.74) is 6.08. The zero-order valence-electron chi connectivity index (χ0n) is 16.7. The van der Waals surface area contributed by atoms with Crippen LogP contribution in [-0.2, 0) is 7.05 Å². The molecule has 0 saturated carbocycles. The Balaban J connectivity index is 1.78. The van der Waals surface area contributed by atoms with Crippen LogP contribution in [0.4, 0.5) is 5.69 Å². The van der Waals surface area contributed by atoms with Gasteiger partial charge in [0.2, 0.25) is 0 Å². The fourth-order valence-corrected chi connectivity index (χ4v) is 4.48. The zero-order chi connectivity index (χ0) is 20.1. The number of amides is 1. The number of ether oxygens (including phenoxy) is 1. The predicted molar refractivity (Wildman–Crippen MR) is 116 cm³/mol. The fraction of sp³-hybridized carbons (Fsp3) is 0.160.